The lowest BCUT2D eigenvalue weighted by Crippen LogP contribution is -2.40. The molecule has 3 N–H and O–H groups in total. The van der Waals surface area contributed by atoms with Crippen molar-refractivity contribution in [1.29, 1.82) is 0 Å². The molecule has 1 aliphatic rings. The number of nitrogens with zero attached hydrogens (tertiary/aromatic N) is 2. The predicted octanol–water partition coefficient (Wildman–Crippen LogP) is 3.05. The van der Waals surface area contributed by atoms with Crippen molar-refractivity contribution < 1.29 is 5.21 Å². The largest absolute Gasteiger partial charge is 0.409 e. The van der Waals surface area contributed by atoms with Crippen molar-refractivity contribution in [3.05, 3.63) is 0 Å². The molecule has 0 saturated heterocycles. The van der Waals surface area contributed by atoms with Crippen LogP contribution in [0.15, 0.2) is 5.16 Å². The molecule has 112 valence electrons. The Morgan fingerprint density at radius 1 is 1.37 bits per heavy atom. The zero-order chi connectivity index (χ0) is 14.5. The van der Waals surface area contributed by atoms with Crippen LogP contribution in [-0.2, 0) is 0 Å². The minimum Gasteiger partial charge on any atom is -0.409 e. The van der Waals surface area contributed by atoms with Crippen molar-refractivity contribution in [3.8, 4) is 0 Å². The quantitative estimate of drug-likeness (QED) is 0.337. The summed E-state index contributed by atoms with van der Waals surface area (Å²) < 4.78 is 0. The number of hydrogen-bond acceptors (Lipinski definition) is 3. The fraction of sp³-hybridized carbons (Fsp3) is 0.933. The van der Waals surface area contributed by atoms with Crippen LogP contribution in [0, 0.1) is 11.3 Å². The van der Waals surface area contributed by atoms with Crippen LogP contribution in [0.4, 0.5) is 0 Å². The summed E-state index contributed by atoms with van der Waals surface area (Å²) >= 11 is 0. The summed E-state index contributed by atoms with van der Waals surface area (Å²) in [5, 5.41) is 11.9. The summed E-state index contributed by atoms with van der Waals surface area (Å²) in [5.41, 5.74) is 5.50. The van der Waals surface area contributed by atoms with Crippen LogP contribution in [0.2, 0.25) is 0 Å². The van der Waals surface area contributed by atoms with E-state index in [0.717, 1.165) is 31.3 Å². The molecule has 1 saturated carbocycles. The third kappa shape index (κ3) is 4.68. The molecule has 0 aromatic rings. The summed E-state index contributed by atoms with van der Waals surface area (Å²) in [7, 11) is 2.24. The van der Waals surface area contributed by atoms with E-state index >= 15 is 0 Å². The van der Waals surface area contributed by atoms with Crippen molar-refractivity contribution in [2.24, 2.45) is 22.2 Å². The van der Waals surface area contributed by atoms with Crippen molar-refractivity contribution in [1.82, 2.24) is 4.90 Å². The van der Waals surface area contributed by atoms with Crippen molar-refractivity contribution >= 4 is 5.84 Å². The van der Waals surface area contributed by atoms with Crippen molar-refractivity contribution in [3.63, 3.8) is 0 Å². The van der Waals surface area contributed by atoms with Crippen molar-refractivity contribution in [2.45, 2.75) is 65.3 Å². The van der Waals surface area contributed by atoms with E-state index < -0.39 is 0 Å². The van der Waals surface area contributed by atoms with Crippen LogP contribution in [0.3, 0.4) is 0 Å². The van der Waals surface area contributed by atoms with E-state index in [1.165, 1.54) is 25.7 Å². The summed E-state index contributed by atoms with van der Waals surface area (Å²) in [6.07, 6.45) is 7.50. The van der Waals surface area contributed by atoms with Crippen molar-refractivity contribution in [2.75, 3.05) is 13.6 Å². The Labute approximate surface area is 118 Å². The van der Waals surface area contributed by atoms with Gasteiger partial charge in [0, 0.05) is 11.5 Å². The molecular formula is C15H31N3O. The fourth-order valence-corrected chi connectivity index (χ4v) is 3.15. The van der Waals surface area contributed by atoms with Gasteiger partial charge in [-0.15, -0.1) is 0 Å². The average Bonchev–Trinajstić information content (AvgIpc) is 2.37. The van der Waals surface area contributed by atoms with Gasteiger partial charge in [0.25, 0.3) is 0 Å². The van der Waals surface area contributed by atoms with Crippen LogP contribution >= 0.6 is 0 Å². The van der Waals surface area contributed by atoms with Crippen LogP contribution in [-0.4, -0.2) is 35.6 Å². The van der Waals surface area contributed by atoms with E-state index in [1.54, 1.807) is 0 Å². The first-order valence-electron chi connectivity index (χ1n) is 7.56. The Hall–Kier alpha value is -0.770. The highest BCUT2D eigenvalue weighted by Gasteiger charge is 2.26. The van der Waals surface area contributed by atoms with Gasteiger partial charge in [-0.1, -0.05) is 38.8 Å². The van der Waals surface area contributed by atoms with Gasteiger partial charge in [0.1, 0.15) is 5.84 Å². The molecule has 4 nitrogen and oxygen atoms in total. The highest BCUT2D eigenvalue weighted by atomic mass is 16.4. The molecule has 19 heavy (non-hydrogen) atoms. The topological polar surface area (TPSA) is 61.8 Å². The lowest BCUT2D eigenvalue weighted by molar-refractivity contribution is 0.135. The normalized spacial score (nSPS) is 25.8. The maximum absolute atomic E-state index is 8.77. The summed E-state index contributed by atoms with van der Waals surface area (Å²) in [6, 6.07) is 0.737. The molecule has 0 radical (unpaired) electrons. The molecule has 0 amide bonds. The van der Waals surface area contributed by atoms with Gasteiger partial charge in [-0.3, -0.25) is 0 Å². The minimum atomic E-state index is -0.215. The lowest BCUT2D eigenvalue weighted by atomic mass is 9.84. The Balaban J connectivity index is 2.36. The highest BCUT2D eigenvalue weighted by molar-refractivity contribution is 5.85. The molecule has 0 spiro atoms. The minimum absolute atomic E-state index is 0.215. The monoisotopic (exact) mass is 269 g/mol. The van der Waals surface area contributed by atoms with Gasteiger partial charge in [-0.05, 0) is 45.2 Å². The summed E-state index contributed by atoms with van der Waals surface area (Å²) in [5.74, 6) is 1.15. The van der Waals surface area contributed by atoms with E-state index in [2.05, 4.69) is 24.0 Å². The van der Waals surface area contributed by atoms with E-state index in [0.29, 0.717) is 5.84 Å². The first kappa shape index (κ1) is 16.3. The van der Waals surface area contributed by atoms with Crippen LogP contribution in [0.25, 0.3) is 0 Å². The van der Waals surface area contributed by atoms with Gasteiger partial charge in [0.05, 0.1) is 0 Å². The average molecular weight is 269 g/mol. The van der Waals surface area contributed by atoms with Crippen LogP contribution < -0.4 is 5.73 Å². The SMILES string of the molecule is CC1CCCCC1N(C)CCCC(C)(C)C(N)=NO. The predicted molar refractivity (Wildman–Crippen MR) is 80.5 cm³/mol. The van der Waals surface area contributed by atoms with Gasteiger partial charge >= 0.3 is 0 Å². The first-order valence-corrected chi connectivity index (χ1v) is 7.56. The van der Waals surface area contributed by atoms with Gasteiger partial charge in [-0.2, -0.15) is 0 Å². The number of rotatable bonds is 6. The van der Waals surface area contributed by atoms with Gasteiger partial charge < -0.3 is 15.8 Å². The van der Waals surface area contributed by atoms with Crippen LogP contribution in [0.1, 0.15) is 59.3 Å². The molecule has 0 bridgehead atoms. The number of oxime groups is 1. The molecule has 0 heterocycles. The second-order valence-electron chi connectivity index (χ2n) is 6.78. The second-order valence-corrected chi connectivity index (χ2v) is 6.78. The molecular weight excluding hydrogens is 238 g/mol. The second kappa shape index (κ2) is 7.13. The summed E-state index contributed by atoms with van der Waals surface area (Å²) in [6.45, 7) is 7.54. The van der Waals surface area contributed by atoms with E-state index in [4.69, 9.17) is 10.9 Å². The van der Waals surface area contributed by atoms with Crippen LogP contribution in [0.5, 0.6) is 0 Å². The van der Waals surface area contributed by atoms with Gasteiger partial charge in [-0.25, -0.2) is 0 Å². The Kier molecular flexibility index (Phi) is 6.11. The zero-order valence-corrected chi connectivity index (χ0v) is 13.0. The molecule has 0 aromatic heterocycles. The molecule has 1 rings (SSSR count). The molecule has 0 aromatic carbocycles. The van der Waals surface area contributed by atoms with Gasteiger partial charge in [0.2, 0.25) is 0 Å². The Morgan fingerprint density at radius 2 is 2.00 bits per heavy atom. The number of nitrogens with two attached hydrogens (primary N) is 1. The smallest absolute Gasteiger partial charge is 0.144 e. The standard InChI is InChI=1S/C15H31N3O/c1-12-8-5-6-9-13(12)18(4)11-7-10-15(2,3)14(16)17-19/h12-13,19H,5-11H2,1-4H3,(H2,16,17). The Bertz CT molecular complexity index is 302. The zero-order valence-electron chi connectivity index (χ0n) is 13.0. The van der Waals surface area contributed by atoms with Gasteiger partial charge in [0.15, 0.2) is 0 Å². The van der Waals surface area contributed by atoms with E-state index in [9.17, 15) is 0 Å². The third-order valence-corrected chi connectivity index (χ3v) is 4.75. The molecule has 0 aliphatic heterocycles. The Morgan fingerprint density at radius 3 is 2.58 bits per heavy atom. The fourth-order valence-electron chi connectivity index (χ4n) is 3.15. The highest BCUT2D eigenvalue weighted by Crippen LogP contribution is 2.28. The maximum Gasteiger partial charge on any atom is 0.144 e. The summed E-state index contributed by atoms with van der Waals surface area (Å²) in [4.78, 5) is 2.51. The molecule has 1 fully saturated rings. The van der Waals surface area contributed by atoms with E-state index in [-0.39, 0.29) is 5.41 Å². The van der Waals surface area contributed by atoms with E-state index in [1.807, 2.05) is 13.8 Å². The molecule has 1 aliphatic carbocycles. The molecule has 2 unspecified atom stereocenters. The third-order valence-electron chi connectivity index (χ3n) is 4.75. The lowest BCUT2D eigenvalue weighted by Gasteiger charge is -2.36. The molecule has 2 atom stereocenters. The number of hydrogen-bond donors (Lipinski definition) is 2. The number of amidine groups is 1. The first-order chi connectivity index (χ1) is 8.88. The maximum atomic E-state index is 8.77. The molecule has 4 heteroatoms.